The highest BCUT2D eigenvalue weighted by atomic mass is 32.1. The lowest BCUT2D eigenvalue weighted by molar-refractivity contribution is 0.761. The molecular weight excluding hydrogens is 324 g/mol. The molecule has 0 aromatic heterocycles. The van der Waals surface area contributed by atoms with Crippen LogP contribution in [0, 0.1) is 6.92 Å². The zero-order valence-electron chi connectivity index (χ0n) is 14.3. The summed E-state index contributed by atoms with van der Waals surface area (Å²) in [5.41, 5.74) is 4.77. The monoisotopic (exact) mass is 346 g/mol. The van der Waals surface area contributed by atoms with Crippen molar-refractivity contribution in [1.82, 2.24) is 5.32 Å². The lowest BCUT2D eigenvalue weighted by atomic mass is 9.91. The summed E-state index contributed by atoms with van der Waals surface area (Å²) in [6.07, 6.45) is 0. The summed E-state index contributed by atoms with van der Waals surface area (Å²) >= 11 is 5.48. The van der Waals surface area contributed by atoms with Gasteiger partial charge in [0.1, 0.15) is 0 Å². The van der Waals surface area contributed by atoms with Crippen molar-refractivity contribution in [2.75, 3.05) is 11.9 Å². The van der Waals surface area contributed by atoms with Crippen molar-refractivity contribution in [1.29, 1.82) is 0 Å². The fourth-order valence-electron chi connectivity index (χ4n) is 2.89. The maximum absolute atomic E-state index is 5.48. The second-order valence-corrected chi connectivity index (χ2v) is 6.49. The topological polar surface area (TPSA) is 24.1 Å². The first-order chi connectivity index (χ1) is 12.2. The fourth-order valence-corrected chi connectivity index (χ4v) is 3.09. The largest absolute Gasteiger partial charge is 0.361 e. The summed E-state index contributed by atoms with van der Waals surface area (Å²) in [6.45, 7) is 2.81. The number of rotatable bonds is 5. The Hall–Kier alpha value is -2.65. The summed E-state index contributed by atoms with van der Waals surface area (Å²) < 4.78 is 0. The van der Waals surface area contributed by atoms with E-state index >= 15 is 0 Å². The highest BCUT2D eigenvalue weighted by molar-refractivity contribution is 7.80. The average Bonchev–Trinajstić information content (AvgIpc) is 2.64. The Bertz CT molecular complexity index is 776. The molecule has 25 heavy (non-hydrogen) atoms. The van der Waals surface area contributed by atoms with Gasteiger partial charge >= 0.3 is 0 Å². The van der Waals surface area contributed by atoms with Crippen LogP contribution in [0.4, 0.5) is 5.69 Å². The van der Waals surface area contributed by atoms with Gasteiger partial charge in [-0.3, -0.25) is 0 Å². The Morgan fingerprint density at radius 2 is 1.44 bits per heavy atom. The van der Waals surface area contributed by atoms with E-state index < -0.39 is 0 Å². The molecule has 0 amide bonds. The van der Waals surface area contributed by atoms with Gasteiger partial charge in [0.15, 0.2) is 5.11 Å². The lowest BCUT2D eigenvalue weighted by Gasteiger charge is -2.20. The first kappa shape index (κ1) is 17.2. The van der Waals surface area contributed by atoms with Gasteiger partial charge in [-0.15, -0.1) is 0 Å². The molecular formula is C22H22N2S. The van der Waals surface area contributed by atoms with Crippen molar-refractivity contribution in [2.45, 2.75) is 12.8 Å². The molecule has 3 rings (SSSR count). The van der Waals surface area contributed by atoms with E-state index in [1.165, 1.54) is 16.7 Å². The van der Waals surface area contributed by atoms with Crippen molar-refractivity contribution >= 4 is 23.0 Å². The summed E-state index contributed by atoms with van der Waals surface area (Å²) in [6, 6.07) is 29.3. The van der Waals surface area contributed by atoms with Gasteiger partial charge in [-0.25, -0.2) is 0 Å². The zero-order valence-corrected chi connectivity index (χ0v) is 15.1. The molecule has 0 spiro atoms. The Kier molecular flexibility index (Phi) is 5.81. The fraction of sp³-hybridized carbons (Fsp3) is 0.136. The third-order valence-electron chi connectivity index (χ3n) is 4.15. The van der Waals surface area contributed by atoms with E-state index in [1.807, 2.05) is 24.3 Å². The third kappa shape index (κ3) is 4.91. The minimum atomic E-state index is 0.250. The highest BCUT2D eigenvalue weighted by Crippen LogP contribution is 2.23. The maximum Gasteiger partial charge on any atom is 0.170 e. The van der Waals surface area contributed by atoms with E-state index in [2.05, 4.69) is 78.2 Å². The van der Waals surface area contributed by atoms with Crippen LogP contribution < -0.4 is 10.6 Å². The second-order valence-electron chi connectivity index (χ2n) is 6.08. The van der Waals surface area contributed by atoms with Crippen molar-refractivity contribution in [2.24, 2.45) is 0 Å². The van der Waals surface area contributed by atoms with Crippen LogP contribution in [0.2, 0.25) is 0 Å². The Morgan fingerprint density at radius 1 is 0.840 bits per heavy atom. The molecule has 0 atom stereocenters. The van der Waals surface area contributed by atoms with E-state index in [-0.39, 0.29) is 5.92 Å². The van der Waals surface area contributed by atoms with E-state index in [0.717, 1.165) is 12.2 Å². The molecule has 3 aromatic rings. The molecule has 2 N–H and O–H groups in total. The summed E-state index contributed by atoms with van der Waals surface area (Å²) in [5.74, 6) is 0.250. The smallest absolute Gasteiger partial charge is 0.170 e. The van der Waals surface area contributed by atoms with Gasteiger partial charge in [-0.2, -0.15) is 0 Å². The minimum absolute atomic E-state index is 0.250. The number of nitrogens with one attached hydrogen (secondary N) is 2. The molecule has 126 valence electrons. The molecule has 2 nitrogen and oxygen atoms in total. The van der Waals surface area contributed by atoms with Crippen LogP contribution in [0.5, 0.6) is 0 Å². The summed E-state index contributed by atoms with van der Waals surface area (Å²) in [4.78, 5) is 0. The van der Waals surface area contributed by atoms with Crippen LogP contribution in [0.3, 0.4) is 0 Å². The molecule has 0 saturated carbocycles. The van der Waals surface area contributed by atoms with Crippen LogP contribution in [-0.2, 0) is 0 Å². The van der Waals surface area contributed by atoms with Gasteiger partial charge in [0.25, 0.3) is 0 Å². The predicted octanol–water partition coefficient (Wildman–Crippen LogP) is 5.11. The van der Waals surface area contributed by atoms with E-state index in [9.17, 15) is 0 Å². The highest BCUT2D eigenvalue weighted by Gasteiger charge is 2.14. The quantitative estimate of drug-likeness (QED) is 0.628. The lowest BCUT2D eigenvalue weighted by Crippen LogP contribution is -2.32. The number of hydrogen-bond donors (Lipinski definition) is 2. The SMILES string of the molecule is Cc1cccc(NC(=S)NCC(c2ccccc2)c2ccccc2)c1. The summed E-state index contributed by atoms with van der Waals surface area (Å²) in [5, 5.41) is 7.27. The van der Waals surface area contributed by atoms with Gasteiger partial charge in [0.05, 0.1) is 0 Å². The summed E-state index contributed by atoms with van der Waals surface area (Å²) in [7, 11) is 0. The normalized spacial score (nSPS) is 10.5. The maximum atomic E-state index is 5.48. The molecule has 0 aliphatic carbocycles. The van der Waals surface area contributed by atoms with Crippen molar-refractivity contribution in [3.63, 3.8) is 0 Å². The van der Waals surface area contributed by atoms with E-state index in [0.29, 0.717) is 5.11 Å². The molecule has 0 fully saturated rings. The first-order valence-electron chi connectivity index (χ1n) is 8.44. The van der Waals surface area contributed by atoms with Gasteiger partial charge in [-0.1, -0.05) is 72.8 Å². The number of aryl methyl sites for hydroxylation is 1. The zero-order chi connectivity index (χ0) is 17.5. The molecule has 0 unspecified atom stereocenters. The third-order valence-corrected chi connectivity index (χ3v) is 4.39. The molecule has 3 heteroatoms. The van der Waals surface area contributed by atoms with Gasteiger partial charge in [0, 0.05) is 18.2 Å². The first-order valence-corrected chi connectivity index (χ1v) is 8.84. The second kappa shape index (κ2) is 8.45. The average molecular weight is 346 g/mol. The van der Waals surface area contributed by atoms with E-state index in [1.54, 1.807) is 0 Å². The van der Waals surface area contributed by atoms with Crippen LogP contribution >= 0.6 is 12.2 Å². The Labute approximate surface area is 154 Å². The van der Waals surface area contributed by atoms with Crippen LogP contribution in [0.1, 0.15) is 22.6 Å². The number of thiocarbonyl (C=S) groups is 1. The molecule has 0 saturated heterocycles. The number of hydrogen-bond acceptors (Lipinski definition) is 1. The predicted molar refractivity (Wildman–Crippen MR) is 110 cm³/mol. The number of benzene rings is 3. The molecule has 3 aromatic carbocycles. The molecule has 0 radical (unpaired) electrons. The Balaban J connectivity index is 1.70. The molecule has 0 aliphatic heterocycles. The Morgan fingerprint density at radius 3 is 2.00 bits per heavy atom. The van der Waals surface area contributed by atoms with Crippen molar-refractivity contribution < 1.29 is 0 Å². The van der Waals surface area contributed by atoms with Crippen molar-refractivity contribution in [3.8, 4) is 0 Å². The van der Waals surface area contributed by atoms with Gasteiger partial charge < -0.3 is 10.6 Å². The van der Waals surface area contributed by atoms with E-state index in [4.69, 9.17) is 12.2 Å². The molecule has 0 bridgehead atoms. The van der Waals surface area contributed by atoms with Gasteiger partial charge in [-0.05, 0) is 48.0 Å². The van der Waals surface area contributed by atoms with Crippen LogP contribution in [-0.4, -0.2) is 11.7 Å². The van der Waals surface area contributed by atoms with Crippen LogP contribution in [0.25, 0.3) is 0 Å². The molecule has 0 heterocycles. The standard InChI is InChI=1S/C22H22N2S/c1-17-9-8-14-20(15-17)24-22(25)23-16-21(18-10-4-2-5-11-18)19-12-6-3-7-13-19/h2-15,21H,16H2,1H3,(H2,23,24,25). The van der Waals surface area contributed by atoms with Crippen molar-refractivity contribution in [3.05, 3.63) is 102 Å². The minimum Gasteiger partial charge on any atom is -0.361 e. The van der Waals surface area contributed by atoms with Gasteiger partial charge in [0.2, 0.25) is 0 Å². The van der Waals surface area contributed by atoms with Crippen LogP contribution in [0.15, 0.2) is 84.9 Å². The number of anilines is 1. The molecule has 0 aliphatic rings.